The van der Waals surface area contributed by atoms with Crippen LogP contribution in [0.5, 0.6) is 11.5 Å². The minimum atomic E-state index is -0.408. The Hall–Kier alpha value is -2.82. The van der Waals surface area contributed by atoms with Gasteiger partial charge in [0.15, 0.2) is 6.61 Å². The molecule has 0 bridgehead atoms. The first kappa shape index (κ1) is 18.5. The van der Waals surface area contributed by atoms with Gasteiger partial charge in [-0.2, -0.15) is 0 Å². The second kappa shape index (κ2) is 8.87. The van der Waals surface area contributed by atoms with Gasteiger partial charge in [-0.05, 0) is 24.1 Å². The molecule has 0 aliphatic carbocycles. The molecule has 0 aliphatic rings. The largest absolute Gasteiger partial charge is 0.497 e. The molecule has 5 heteroatoms. The highest BCUT2D eigenvalue weighted by atomic mass is 16.5. The number of ketones is 1. The highest BCUT2D eigenvalue weighted by Crippen LogP contribution is 2.25. The van der Waals surface area contributed by atoms with Crippen LogP contribution in [0.15, 0.2) is 48.5 Å². The molecule has 132 valence electrons. The quantitative estimate of drug-likeness (QED) is 0.541. The summed E-state index contributed by atoms with van der Waals surface area (Å²) in [6.45, 7) is 1.58. The Balaban J connectivity index is 2.05. The van der Waals surface area contributed by atoms with Crippen LogP contribution in [0.25, 0.3) is 0 Å². The van der Waals surface area contributed by atoms with Gasteiger partial charge < -0.3 is 14.2 Å². The van der Waals surface area contributed by atoms with Crippen molar-refractivity contribution in [2.45, 2.75) is 19.3 Å². The summed E-state index contributed by atoms with van der Waals surface area (Å²) in [6.07, 6.45) is 0.600. The second-order valence-electron chi connectivity index (χ2n) is 5.47. The van der Waals surface area contributed by atoms with Crippen molar-refractivity contribution in [1.29, 1.82) is 0 Å². The van der Waals surface area contributed by atoms with E-state index in [4.69, 9.17) is 14.2 Å². The molecule has 2 rings (SSSR count). The highest BCUT2D eigenvalue weighted by Gasteiger charge is 2.22. The third-order valence-corrected chi connectivity index (χ3v) is 3.95. The van der Waals surface area contributed by atoms with E-state index in [-0.39, 0.29) is 18.3 Å². The molecule has 0 fully saturated rings. The van der Waals surface area contributed by atoms with Gasteiger partial charge in [-0.3, -0.25) is 9.59 Å². The standard InChI is InChI=1S/C20H22O5/c1-4-16(14-8-6-5-7-9-14)20(22)25-13-18(21)17-11-10-15(23-2)12-19(17)24-3/h5-12,16H,4,13H2,1-3H3/t16-/m0/s1. The number of ether oxygens (including phenoxy) is 3. The van der Waals surface area contributed by atoms with E-state index in [1.54, 1.807) is 18.2 Å². The molecule has 25 heavy (non-hydrogen) atoms. The number of esters is 1. The van der Waals surface area contributed by atoms with Crippen LogP contribution in [-0.2, 0) is 9.53 Å². The molecule has 0 saturated carbocycles. The third kappa shape index (κ3) is 4.59. The van der Waals surface area contributed by atoms with E-state index in [0.29, 0.717) is 23.5 Å². The lowest BCUT2D eigenvalue weighted by Crippen LogP contribution is -2.20. The van der Waals surface area contributed by atoms with Crippen molar-refractivity contribution in [3.05, 3.63) is 59.7 Å². The topological polar surface area (TPSA) is 61.8 Å². The summed E-state index contributed by atoms with van der Waals surface area (Å²) in [6, 6.07) is 14.3. The minimum Gasteiger partial charge on any atom is -0.497 e. The van der Waals surface area contributed by atoms with Crippen LogP contribution in [0.3, 0.4) is 0 Å². The normalized spacial score (nSPS) is 11.5. The molecular formula is C20H22O5. The molecule has 0 aromatic heterocycles. The van der Waals surface area contributed by atoms with Gasteiger partial charge in [0.2, 0.25) is 5.78 Å². The van der Waals surface area contributed by atoms with Crippen molar-refractivity contribution >= 4 is 11.8 Å². The summed E-state index contributed by atoms with van der Waals surface area (Å²) < 4.78 is 15.6. The number of hydrogen-bond donors (Lipinski definition) is 0. The van der Waals surface area contributed by atoms with Crippen molar-refractivity contribution in [2.75, 3.05) is 20.8 Å². The van der Waals surface area contributed by atoms with Crippen LogP contribution in [0.2, 0.25) is 0 Å². The van der Waals surface area contributed by atoms with Gasteiger partial charge in [-0.25, -0.2) is 0 Å². The molecule has 0 N–H and O–H groups in total. The molecule has 0 heterocycles. The molecule has 2 aromatic carbocycles. The fraction of sp³-hybridized carbons (Fsp3) is 0.300. The number of hydrogen-bond acceptors (Lipinski definition) is 5. The molecule has 0 spiro atoms. The number of rotatable bonds is 8. The SMILES string of the molecule is CC[C@H](C(=O)OCC(=O)c1ccc(OC)cc1OC)c1ccccc1. The maximum absolute atomic E-state index is 12.4. The van der Waals surface area contributed by atoms with Crippen molar-refractivity contribution in [3.8, 4) is 11.5 Å². The lowest BCUT2D eigenvalue weighted by atomic mass is 9.97. The second-order valence-corrected chi connectivity index (χ2v) is 5.47. The fourth-order valence-electron chi connectivity index (χ4n) is 2.57. The fourth-order valence-corrected chi connectivity index (χ4v) is 2.57. The molecule has 2 aromatic rings. The average molecular weight is 342 g/mol. The molecular weight excluding hydrogens is 320 g/mol. The molecule has 0 saturated heterocycles. The first-order valence-electron chi connectivity index (χ1n) is 8.07. The highest BCUT2D eigenvalue weighted by molar-refractivity contribution is 6.00. The predicted octanol–water partition coefficient (Wildman–Crippen LogP) is 3.62. The Morgan fingerprint density at radius 3 is 2.32 bits per heavy atom. The number of methoxy groups -OCH3 is 2. The lowest BCUT2D eigenvalue weighted by Gasteiger charge is -2.15. The molecule has 5 nitrogen and oxygen atoms in total. The maximum Gasteiger partial charge on any atom is 0.313 e. The number of benzene rings is 2. The molecule has 1 atom stereocenters. The first-order valence-corrected chi connectivity index (χ1v) is 8.07. The van der Waals surface area contributed by atoms with Gasteiger partial charge in [0, 0.05) is 6.07 Å². The van der Waals surface area contributed by atoms with Crippen LogP contribution >= 0.6 is 0 Å². The summed E-state index contributed by atoms with van der Waals surface area (Å²) in [5.74, 6) is -0.145. The predicted molar refractivity (Wildman–Crippen MR) is 94.3 cm³/mol. The maximum atomic E-state index is 12.4. The minimum absolute atomic E-state index is 0.323. The molecule has 0 unspecified atom stereocenters. The van der Waals surface area contributed by atoms with E-state index in [9.17, 15) is 9.59 Å². The Morgan fingerprint density at radius 2 is 1.72 bits per heavy atom. The van der Waals surface area contributed by atoms with Crippen molar-refractivity contribution in [2.24, 2.45) is 0 Å². The Labute approximate surface area is 147 Å². The van der Waals surface area contributed by atoms with E-state index in [0.717, 1.165) is 5.56 Å². The summed E-state index contributed by atoms with van der Waals surface area (Å²) in [4.78, 5) is 24.7. The van der Waals surface area contributed by atoms with Crippen LogP contribution in [0.1, 0.15) is 35.2 Å². The Bertz CT molecular complexity index is 724. The van der Waals surface area contributed by atoms with Crippen LogP contribution in [0, 0.1) is 0 Å². The van der Waals surface area contributed by atoms with E-state index in [2.05, 4.69) is 0 Å². The van der Waals surface area contributed by atoms with Crippen LogP contribution < -0.4 is 9.47 Å². The number of carbonyl (C=O) groups is 2. The van der Waals surface area contributed by atoms with E-state index < -0.39 is 5.97 Å². The molecule has 0 radical (unpaired) electrons. The van der Waals surface area contributed by atoms with Gasteiger partial charge in [0.1, 0.15) is 11.5 Å². The number of carbonyl (C=O) groups excluding carboxylic acids is 2. The van der Waals surface area contributed by atoms with Gasteiger partial charge >= 0.3 is 5.97 Å². The van der Waals surface area contributed by atoms with E-state index in [1.165, 1.54) is 14.2 Å². The third-order valence-electron chi connectivity index (χ3n) is 3.95. The monoisotopic (exact) mass is 342 g/mol. The molecule has 0 amide bonds. The van der Waals surface area contributed by atoms with Crippen molar-refractivity contribution < 1.29 is 23.8 Å². The van der Waals surface area contributed by atoms with Gasteiger partial charge in [0.25, 0.3) is 0 Å². The van der Waals surface area contributed by atoms with Gasteiger partial charge in [-0.15, -0.1) is 0 Å². The van der Waals surface area contributed by atoms with Crippen molar-refractivity contribution in [1.82, 2.24) is 0 Å². The number of Topliss-reactive ketones (excluding diaryl/α,β-unsaturated/α-hetero) is 1. The Morgan fingerprint density at radius 1 is 1.00 bits per heavy atom. The summed E-state index contributed by atoms with van der Waals surface area (Å²) in [7, 11) is 3.01. The zero-order chi connectivity index (χ0) is 18.2. The van der Waals surface area contributed by atoms with E-state index in [1.807, 2.05) is 37.3 Å². The summed E-state index contributed by atoms with van der Waals surface area (Å²) in [5, 5.41) is 0. The zero-order valence-corrected chi connectivity index (χ0v) is 14.7. The zero-order valence-electron chi connectivity index (χ0n) is 14.7. The average Bonchev–Trinajstić information content (AvgIpc) is 2.67. The first-order chi connectivity index (χ1) is 12.1. The molecule has 0 aliphatic heterocycles. The summed E-state index contributed by atoms with van der Waals surface area (Å²) >= 11 is 0. The lowest BCUT2D eigenvalue weighted by molar-refractivity contribution is -0.144. The van der Waals surface area contributed by atoms with Gasteiger partial charge in [-0.1, -0.05) is 37.3 Å². The Kier molecular flexibility index (Phi) is 6.57. The van der Waals surface area contributed by atoms with Crippen LogP contribution in [0.4, 0.5) is 0 Å². The van der Waals surface area contributed by atoms with E-state index >= 15 is 0 Å². The van der Waals surface area contributed by atoms with Crippen molar-refractivity contribution in [3.63, 3.8) is 0 Å². The van der Waals surface area contributed by atoms with Crippen LogP contribution in [-0.4, -0.2) is 32.6 Å². The van der Waals surface area contributed by atoms with Gasteiger partial charge in [0.05, 0.1) is 25.7 Å². The summed E-state index contributed by atoms with van der Waals surface area (Å²) in [5.41, 5.74) is 1.23. The smallest absolute Gasteiger partial charge is 0.313 e.